The van der Waals surface area contributed by atoms with Crippen molar-refractivity contribution >= 4 is 5.69 Å². The fourth-order valence-corrected chi connectivity index (χ4v) is 2.70. The molecular formula is C15H24N2O2. The molecule has 1 heterocycles. The van der Waals surface area contributed by atoms with Gasteiger partial charge in [0.15, 0.2) is 0 Å². The first-order valence-corrected chi connectivity index (χ1v) is 7.14. The van der Waals surface area contributed by atoms with E-state index < -0.39 is 12.2 Å². The van der Waals surface area contributed by atoms with Gasteiger partial charge in [0, 0.05) is 24.3 Å². The molecular weight excluding hydrogens is 240 g/mol. The van der Waals surface area contributed by atoms with Crippen molar-refractivity contribution in [1.29, 1.82) is 0 Å². The molecule has 2 unspecified atom stereocenters. The van der Waals surface area contributed by atoms with Crippen molar-refractivity contribution in [2.24, 2.45) is 5.73 Å². The van der Waals surface area contributed by atoms with Gasteiger partial charge in [-0.2, -0.15) is 0 Å². The molecule has 4 nitrogen and oxygen atoms in total. The van der Waals surface area contributed by atoms with E-state index in [0.717, 1.165) is 24.3 Å². The van der Waals surface area contributed by atoms with Gasteiger partial charge < -0.3 is 20.8 Å². The normalized spacial score (nSPS) is 19.2. The van der Waals surface area contributed by atoms with Crippen molar-refractivity contribution in [3.05, 3.63) is 29.8 Å². The van der Waals surface area contributed by atoms with Crippen LogP contribution in [-0.4, -0.2) is 36.0 Å². The molecule has 0 aliphatic carbocycles. The fraction of sp³-hybridized carbons (Fsp3) is 0.600. The zero-order valence-corrected chi connectivity index (χ0v) is 11.3. The SMILES string of the molecule is NCCC(O)C(O)c1ccccc1N1CCCCC1. The number of aliphatic hydroxyl groups is 2. The lowest BCUT2D eigenvalue weighted by Gasteiger charge is -2.32. The van der Waals surface area contributed by atoms with Gasteiger partial charge in [0.1, 0.15) is 6.10 Å². The second-order valence-corrected chi connectivity index (χ2v) is 5.20. The van der Waals surface area contributed by atoms with Gasteiger partial charge in [-0.1, -0.05) is 18.2 Å². The van der Waals surface area contributed by atoms with E-state index in [1.165, 1.54) is 19.3 Å². The van der Waals surface area contributed by atoms with Crippen LogP contribution in [0.15, 0.2) is 24.3 Å². The number of anilines is 1. The van der Waals surface area contributed by atoms with Gasteiger partial charge in [0.05, 0.1) is 6.10 Å². The molecule has 0 bridgehead atoms. The van der Waals surface area contributed by atoms with Crippen LogP contribution in [0.1, 0.15) is 37.4 Å². The molecule has 0 amide bonds. The highest BCUT2D eigenvalue weighted by atomic mass is 16.3. The minimum absolute atomic E-state index is 0.379. The largest absolute Gasteiger partial charge is 0.390 e. The smallest absolute Gasteiger partial charge is 0.107 e. The van der Waals surface area contributed by atoms with Crippen LogP contribution in [0.3, 0.4) is 0 Å². The minimum atomic E-state index is -0.860. The van der Waals surface area contributed by atoms with Gasteiger partial charge in [-0.3, -0.25) is 0 Å². The monoisotopic (exact) mass is 264 g/mol. The van der Waals surface area contributed by atoms with E-state index in [9.17, 15) is 10.2 Å². The molecule has 106 valence electrons. The number of nitrogens with two attached hydrogens (primary N) is 1. The number of rotatable bonds is 5. The lowest BCUT2D eigenvalue weighted by atomic mass is 9.98. The Kier molecular flexibility index (Phi) is 5.19. The molecule has 4 N–H and O–H groups in total. The van der Waals surface area contributed by atoms with Crippen LogP contribution in [0, 0.1) is 0 Å². The van der Waals surface area contributed by atoms with E-state index in [4.69, 9.17) is 5.73 Å². The van der Waals surface area contributed by atoms with Crippen LogP contribution in [0.4, 0.5) is 5.69 Å². The number of hydrogen-bond donors (Lipinski definition) is 3. The molecule has 2 rings (SSSR count). The maximum Gasteiger partial charge on any atom is 0.107 e. The van der Waals surface area contributed by atoms with Gasteiger partial charge in [-0.15, -0.1) is 0 Å². The summed E-state index contributed by atoms with van der Waals surface area (Å²) in [6.45, 7) is 2.43. The third-order valence-electron chi connectivity index (χ3n) is 3.78. The van der Waals surface area contributed by atoms with Gasteiger partial charge in [0.2, 0.25) is 0 Å². The molecule has 19 heavy (non-hydrogen) atoms. The first-order valence-electron chi connectivity index (χ1n) is 7.14. The summed E-state index contributed by atoms with van der Waals surface area (Å²) in [5.41, 5.74) is 7.30. The Hall–Kier alpha value is -1.10. The summed E-state index contributed by atoms with van der Waals surface area (Å²) in [6.07, 6.45) is 2.41. The Morgan fingerprint density at radius 2 is 1.79 bits per heavy atom. The molecule has 0 radical (unpaired) electrons. The topological polar surface area (TPSA) is 69.7 Å². The molecule has 1 aromatic carbocycles. The molecule has 1 aliphatic rings. The maximum absolute atomic E-state index is 10.3. The standard InChI is InChI=1S/C15H24N2O2/c16-9-8-14(18)15(19)12-6-2-3-7-13(12)17-10-4-1-5-11-17/h2-3,6-7,14-15,18-19H,1,4-5,8-11,16H2. The fourth-order valence-electron chi connectivity index (χ4n) is 2.70. The lowest BCUT2D eigenvalue weighted by molar-refractivity contribution is 0.0152. The highest BCUT2D eigenvalue weighted by Crippen LogP contribution is 2.30. The van der Waals surface area contributed by atoms with Crippen LogP contribution < -0.4 is 10.6 Å². The summed E-state index contributed by atoms with van der Waals surface area (Å²) < 4.78 is 0. The van der Waals surface area contributed by atoms with Gasteiger partial charge >= 0.3 is 0 Å². The summed E-state index contributed by atoms with van der Waals surface area (Å²) in [4.78, 5) is 2.30. The van der Waals surface area contributed by atoms with Gasteiger partial charge in [-0.05, 0) is 38.3 Å². The predicted molar refractivity (Wildman–Crippen MR) is 77.1 cm³/mol. The number of aliphatic hydroxyl groups excluding tert-OH is 2. The zero-order valence-electron chi connectivity index (χ0n) is 11.3. The molecule has 0 aromatic heterocycles. The van der Waals surface area contributed by atoms with Crippen LogP contribution in [0.25, 0.3) is 0 Å². The molecule has 1 aliphatic heterocycles. The van der Waals surface area contributed by atoms with E-state index in [1.807, 2.05) is 24.3 Å². The van der Waals surface area contributed by atoms with E-state index in [2.05, 4.69) is 4.90 Å². The molecule has 1 fully saturated rings. The lowest BCUT2D eigenvalue weighted by Crippen LogP contribution is -2.31. The van der Waals surface area contributed by atoms with Crippen molar-refractivity contribution in [1.82, 2.24) is 0 Å². The molecule has 4 heteroatoms. The van der Waals surface area contributed by atoms with Crippen molar-refractivity contribution in [2.45, 2.75) is 37.9 Å². The van der Waals surface area contributed by atoms with Crippen LogP contribution >= 0.6 is 0 Å². The van der Waals surface area contributed by atoms with Crippen LogP contribution in [0.2, 0.25) is 0 Å². The summed E-state index contributed by atoms with van der Waals surface area (Å²) in [5.74, 6) is 0. The first kappa shape index (κ1) is 14.3. The number of benzene rings is 1. The van der Waals surface area contributed by atoms with E-state index in [-0.39, 0.29) is 0 Å². The Morgan fingerprint density at radius 1 is 1.11 bits per heavy atom. The minimum Gasteiger partial charge on any atom is -0.390 e. The highest BCUT2D eigenvalue weighted by Gasteiger charge is 2.23. The quantitative estimate of drug-likeness (QED) is 0.752. The van der Waals surface area contributed by atoms with Crippen molar-refractivity contribution in [2.75, 3.05) is 24.5 Å². The predicted octanol–water partition coefficient (Wildman–Crippen LogP) is 1.42. The van der Waals surface area contributed by atoms with E-state index >= 15 is 0 Å². The maximum atomic E-state index is 10.3. The van der Waals surface area contributed by atoms with Crippen LogP contribution in [-0.2, 0) is 0 Å². The van der Waals surface area contributed by atoms with E-state index in [0.29, 0.717) is 13.0 Å². The molecule has 0 spiro atoms. The zero-order chi connectivity index (χ0) is 13.7. The second-order valence-electron chi connectivity index (χ2n) is 5.20. The van der Waals surface area contributed by atoms with E-state index in [1.54, 1.807) is 0 Å². The second kappa shape index (κ2) is 6.89. The number of nitrogens with zero attached hydrogens (tertiary/aromatic N) is 1. The summed E-state index contributed by atoms with van der Waals surface area (Å²) in [5, 5.41) is 20.2. The van der Waals surface area contributed by atoms with Crippen molar-refractivity contribution in [3.8, 4) is 0 Å². The third kappa shape index (κ3) is 3.47. The molecule has 2 atom stereocenters. The van der Waals surface area contributed by atoms with Gasteiger partial charge in [0.25, 0.3) is 0 Å². The Balaban J connectivity index is 2.19. The number of para-hydroxylation sites is 1. The molecule has 0 saturated carbocycles. The average molecular weight is 264 g/mol. The van der Waals surface area contributed by atoms with Crippen molar-refractivity contribution in [3.63, 3.8) is 0 Å². The van der Waals surface area contributed by atoms with Crippen molar-refractivity contribution < 1.29 is 10.2 Å². The third-order valence-corrected chi connectivity index (χ3v) is 3.78. The van der Waals surface area contributed by atoms with Gasteiger partial charge in [-0.25, -0.2) is 0 Å². The summed E-state index contributed by atoms with van der Waals surface area (Å²) in [6, 6.07) is 7.81. The number of hydrogen-bond acceptors (Lipinski definition) is 4. The summed E-state index contributed by atoms with van der Waals surface area (Å²) in [7, 11) is 0. The Bertz CT molecular complexity index is 391. The summed E-state index contributed by atoms with van der Waals surface area (Å²) >= 11 is 0. The first-order chi connectivity index (χ1) is 9.24. The average Bonchev–Trinajstić information content (AvgIpc) is 2.47. The number of piperidine rings is 1. The Labute approximate surface area is 114 Å². The molecule has 1 saturated heterocycles. The Morgan fingerprint density at radius 3 is 2.47 bits per heavy atom. The van der Waals surface area contributed by atoms with Crippen LogP contribution in [0.5, 0.6) is 0 Å². The molecule has 1 aromatic rings. The highest BCUT2D eigenvalue weighted by molar-refractivity contribution is 5.55.